The number of phenolic OH excluding ortho intramolecular Hbond substituents is 1. The second-order valence-corrected chi connectivity index (χ2v) is 3.18. The van der Waals surface area contributed by atoms with Gasteiger partial charge in [-0.25, -0.2) is 0 Å². The summed E-state index contributed by atoms with van der Waals surface area (Å²) < 4.78 is 0. The number of halogens is 1. The average Bonchev–Trinajstić information content (AvgIpc) is 2.02. The van der Waals surface area contributed by atoms with Gasteiger partial charge < -0.3 is 10.8 Å². The van der Waals surface area contributed by atoms with Crippen LogP contribution >= 0.6 is 11.6 Å². The van der Waals surface area contributed by atoms with Crippen LogP contribution in [0.3, 0.4) is 0 Å². The molecule has 0 heterocycles. The SMILES string of the molecule is Cc1cc(O)c(C(=O)CN)c(Cl)c1. The third kappa shape index (κ3) is 1.99. The van der Waals surface area contributed by atoms with Crippen LogP contribution in [-0.4, -0.2) is 17.4 Å². The Balaban J connectivity index is 3.28. The summed E-state index contributed by atoms with van der Waals surface area (Å²) in [6.45, 7) is 1.62. The number of aromatic hydroxyl groups is 1. The molecule has 0 aliphatic rings. The molecule has 0 amide bonds. The van der Waals surface area contributed by atoms with E-state index in [2.05, 4.69) is 0 Å². The summed E-state index contributed by atoms with van der Waals surface area (Å²) in [6.07, 6.45) is 0. The van der Waals surface area contributed by atoms with E-state index in [1.54, 1.807) is 13.0 Å². The van der Waals surface area contributed by atoms with E-state index in [4.69, 9.17) is 17.3 Å². The van der Waals surface area contributed by atoms with Crippen molar-refractivity contribution in [3.63, 3.8) is 0 Å². The van der Waals surface area contributed by atoms with Gasteiger partial charge in [-0.1, -0.05) is 11.6 Å². The number of hydrogen-bond donors (Lipinski definition) is 2. The molecule has 70 valence electrons. The maximum atomic E-state index is 11.2. The van der Waals surface area contributed by atoms with Crippen LogP contribution in [-0.2, 0) is 0 Å². The van der Waals surface area contributed by atoms with E-state index < -0.39 is 0 Å². The van der Waals surface area contributed by atoms with Gasteiger partial charge in [0.25, 0.3) is 0 Å². The molecule has 0 fully saturated rings. The minimum absolute atomic E-state index is 0.106. The van der Waals surface area contributed by atoms with Gasteiger partial charge >= 0.3 is 0 Å². The van der Waals surface area contributed by atoms with Crippen molar-refractivity contribution in [2.45, 2.75) is 6.92 Å². The van der Waals surface area contributed by atoms with Crippen LogP contribution in [0.4, 0.5) is 0 Å². The van der Waals surface area contributed by atoms with Crippen LogP contribution in [0.1, 0.15) is 15.9 Å². The number of rotatable bonds is 2. The van der Waals surface area contributed by atoms with E-state index in [1.165, 1.54) is 6.07 Å². The Hall–Kier alpha value is -1.06. The molecule has 0 radical (unpaired) electrons. The molecule has 1 rings (SSSR count). The molecule has 3 nitrogen and oxygen atoms in total. The Kier molecular flexibility index (Phi) is 2.90. The van der Waals surface area contributed by atoms with E-state index in [-0.39, 0.29) is 28.7 Å². The molecule has 3 N–H and O–H groups in total. The summed E-state index contributed by atoms with van der Waals surface area (Å²) in [6, 6.07) is 3.10. The van der Waals surface area contributed by atoms with Crippen molar-refractivity contribution in [2.24, 2.45) is 5.73 Å². The van der Waals surface area contributed by atoms with Crippen LogP contribution < -0.4 is 5.73 Å². The lowest BCUT2D eigenvalue weighted by Crippen LogP contribution is -2.14. The van der Waals surface area contributed by atoms with Gasteiger partial charge in [0, 0.05) is 0 Å². The molecule has 0 aliphatic carbocycles. The number of hydrogen-bond acceptors (Lipinski definition) is 3. The largest absolute Gasteiger partial charge is 0.507 e. The van der Waals surface area contributed by atoms with E-state index in [1.807, 2.05) is 0 Å². The molecule has 4 heteroatoms. The van der Waals surface area contributed by atoms with Gasteiger partial charge in [0.1, 0.15) is 5.75 Å². The third-order valence-corrected chi connectivity index (χ3v) is 1.98. The van der Waals surface area contributed by atoms with Gasteiger partial charge in [0.15, 0.2) is 5.78 Å². The number of phenols is 1. The Morgan fingerprint density at radius 2 is 2.23 bits per heavy atom. The zero-order valence-corrected chi connectivity index (χ0v) is 7.93. The monoisotopic (exact) mass is 199 g/mol. The lowest BCUT2D eigenvalue weighted by Gasteiger charge is -2.05. The smallest absolute Gasteiger partial charge is 0.181 e. The topological polar surface area (TPSA) is 63.3 Å². The van der Waals surface area contributed by atoms with E-state index in [0.29, 0.717) is 0 Å². The number of ketones is 1. The summed E-state index contributed by atoms with van der Waals surface area (Å²) in [5, 5.41) is 9.66. The molecule has 13 heavy (non-hydrogen) atoms. The first kappa shape index (κ1) is 10.0. The second-order valence-electron chi connectivity index (χ2n) is 2.77. The first-order chi connectivity index (χ1) is 6.06. The first-order valence-electron chi connectivity index (χ1n) is 3.78. The average molecular weight is 200 g/mol. The molecule has 0 saturated carbocycles. The summed E-state index contributed by atoms with van der Waals surface area (Å²) >= 11 is 5.77. The third-order valence-electron chi connectivity index (χ3n) is 1.68. The fraction of sp³-hybridized carbons (Fsp3) is 0.222. The first-order valence-corrected chi connectivity index (χ1v) is 4.16. The molecule has 0 saturated heterocycles. The molecule has 0 bridgehead atoms. The number of carbonyl (C=O) groups excluding carboxylic acids is 1. The van der Waals surface area contributed by atoms with Crippen LogP contribution in [0.15, 0.2) is 12.1 Å². The lowest BCUT2D eigenvalue weighted by molar-refractivity contribution is 0.0999. The van der Waals surface area contributed by atoms with Gasteiger partial charge in [0.2, 0.25) is 0 Å². The predicted molar refractivity (Wildman–Crippen MR) is 51.2 cm³/mol. The molecule has 0 atom stereocenters. The van der Waals surface area contributed by atoms with Crippen molar-refractivity contribution in [2.75, 3.05) is 6.54 Å². The highest BCUT2D eigenvalue weighted by Crippen LogP contribution is 2.27. The van der Waals surface area contributed by atoms with E-state index >= 15 is 0 Å². The Morgan fingerprint density at radius 1 is 1.62 bits per heavy atom. The van der Waals surface area contributed by atoms with Crippen molar-refractivity contribution >= 4 is 17.4 Å². The summed E-state index contributed by atoms with van der Waals surface area (Å²) in [5.41, 5.74) is 6.07. The van der Waals surface area contributed by atoms with Crippen LogP contribution in [0.5, 0.6) is 5.75 Å². The summed E-state index contributed by atoms with van der Waals surface area (Å²) in [7, 11) is 0. The van der Waals surface area contributed by atoms with Gasteiger partial charge in [0.05, 0.1) is 17.1 Å². The fourth-order valence-electron chi connectivity index (χ4n) is 1.10. The van der Waals surface area contributed by atoms with Crippen LogP contribution in [0.2, 0.25) is 5.02 Å². The normalized spacial score (nSPS) is 10.1. The fourth-order valence-corrected chi connectivity index (χ4v) is 1.48. The molecular weight excluding hydrogens is 190 g/mol. The van der Waals surface area contributed by atoms with E-state index in [9.17, 15) is 9.90 Å². The van der Waals surface area contributed by atoms with Gasteiger partial charge in [-0.2, -0.15) is 0 Å². The second kappa shape index (κ2) is 3.77. The number of benzene rings is 1. The molecule has 1 aromatic carbocycles. The summed E-state index contributed by atoms with van der Waals surface area (Å²) in [4.78, 5) is 11.2. The highest BCUT2D eigenvalue weighted by molar-refractivity contribution is 6.34. The van der Waals surface area contributed by atoms with Crippen molar-refractivity contribution in [1.29, 1.82) is 0 Å². The molecule has 0 aromatic heterocycles. The van der Waals surface area contributed by atoms with E-state index in [0.717, 1.165) is 5.56 Å². The number of Topliss-reactive ketones (excluding diaryl/α,β-unsaturated/α-hetero) is 1. The van der Waals surface area contributed by atoms with Crippen molar-refractivity contribution in [1.82, 2.24) is 0 Å². The highest BCUT2D eigenvalue weighted by Gasteiger charge is 2.14. The maximum absolute atomic E-state index is 11.2. The molecule has 0 spiro atoms. The molecule has 0 aliphatic heterocycles. The van der Waals surface area contributed by atoms with Crippen molar-refractivity contribution in [3.8, 4) is 5.75 Å². The van der Waals surface area contributed by atoms with Crippen molar-refractivity contribution < 1.29 is 9.90 Å². The van der Waals surface area contributed by atoms with Crippen molar-refractivity contribution in [3.05, 3.63) is 28.3 Å². The van der Waals surface area contributed by atoms with Gasteiger partial charge in [-0.15, -0.1) is 0 Å². The Morgan fingerprint density at radius 3 is 2.69 bits per heavy atom. The lowest BCUT2D eigenvalue weighted by atomic mass is 10.1. The number of aryl methyl sites for hydroxylation is 1. The maximum Gasteiger partial charge on any atom is 0.181 e. The molecule has 0 unspecified atom stereocenters. The quantitative estimate of drug-likeness (QED) is 0.710. The zero-order valence-electron chi connectivity index (χ0n) is 7.17. The summed E-state index contributed by atoms with van der Waals surface area (Å²) in [5.74, 6) is -0.469. The standard InChI is InChI=1S/C9H10ClNO2/c1-5-2-6(10)9(7(12)3-5)8(13)4-11/h2-3,12H,4,11H2,1H3. The molecule has 1 aromatic rings. The van der Waals surface area contributed by atoms with Gasteiger partial charge in [-0.3, -0.25) is 4.79 Å². The number of carbonyl (C=O) groups is 1. The van der Waals surface area contributed by atoms with Crippen LogP contribution in [0, 0.1) is 6.92 Å². The zero-order chi connectivity index (χ0) is 10.0. The molecular formula is C9H10ClNO2. The minimum atomic E-state index is -0.359. The minimum Gasteiger partial charge on any atom is -0.507 e. The number of nitrogens with two attached hydrogens (primary N) is 1. The highest BCUT2D eigenvalue weighted by atomic mass is 35.5. The van der Waals surface area contributed by atoms with Gasteiger partial charge in [-0.05, 0) is 24.6 Å². The van der Waals surface area contributed by atoms with Crippen LogP contribution in [0.25, 0.3) is 0 Å². The predicted octanol–water partition coefficient (Wildman–Crippen LogP) is 1.50. The Labute approximate surface area is 81.1 Å². The Bertz CT molecular complexity index is 326.